The SMILES string of the molecule is Cc1cccc([C@H](N)Cc2ccccc2)c1. The van der Waals surface area contributed by atoms with E-state index in [4.69, 9.17) is 5.73 Å². The molecule has 1 heteroatoms. The van der Waals surface area contributed by atoms with E-state index in [2.05, 4.69) is 55.5 Å². The number of nitrogens with two attached hydrogens (primary N) is 1. The molecule has 0 amide bonds. The Morgan fingerprint density at radius 3 is 2.44 bits per heavy atom. The van der Waals surface area contributed by atoms with E-state index >= 15 is 0 Å². The number of rotatable bonds is 3. The van der Waals surface area contributed by atoms with Crippen molar-refractivity contribution in [1.29, 1.82) is 0 Å². The minimum absolute atomic E-state index is 0.0855. The summed E-state index contributed by atoms with van der Waals surface area (Å²) in [5.41, 5.74) is 9.96. The molecule has 0 aliphatic heterocycles. The molecule has 0 unspecified atom stereocenters. The predicted molar refractivity (Wildman–Crippen MR) is 68.3 cm³/mol. The fraction of sp³-hybridized carbons (Fsp3) is 0.200. The summed E-state index contributed by atoms with van der Waals surface area (Å²) in [5.74, 6) is 0. The summed E-state index contributed by atoms with van der Waals surface area (Å²) < 4.78 is 0. The molecule has 0 aromatic heterocycles. The van der Waals surface area contributed by atoms with E-state index in [1.54, 1.807) is 0 Å². The van der Waals surface area contributed by atoms with Crippen molar-refractivity contribution in [3.63, 3.8) is 0 Å². The van der Waals surface area contributed by atoms with E-state index in [9.17, 15) is 0 Å². The first-order valence-electron chi connectivity index (χ1n) is 5.62. The first-order chi connectivity index (χ1) is 7.75. The maximum Gasteiger partial charge on any atom is 0.0335 e. The van der Waals surface area contributed by atoms with Crippen LogP contribution in [0.3, 0.4) is 0 Å². The molecule has 2 N–H and O–H groups in total. The smallest absolute Gasteiger partial charge is 0.0335 e. The van der Waals surface area contributed by atoms with E-state index in [-0.39, 0.29) is 6.04 Å². The number of hydrogen-bond donors (Lipinski definition) is 1. The van der Waals surface area contributed by atoms with Crippen molar-refractivity contribution < 1.29 is 0 Å². The first-order valence-corrected chi connectivity index (χ1v) is 5.62. The van der Waals surface area contributed by atoms with Crippen molar-refractivity contribution >= 4 is 0 Å². The van der Waals surface area contributed by atoms with E-state index < -0.39 is 0 Å². The molecule has 0 fully saturated rings. The van der Waals surface area contributed by atoms with Gasteiger partial charge in [0.2, 0.25) is 0 Å². The van der Waals surface area contributed by atoms with Crippen molar-refractivity contribution in [2.75, 3.05) is 0 Å². The third kappa shape index (κ3) is 2.71. The first kappa shape index (κ1) is 10.9. The summed E-state index contributed by atoms with van der Waals surface area (Å²) >= 11 is 0. The molecule has 2 rings (SSSR count). The van der Waals surface area contributed by atoms with Crippen LogP contribution in [-0.4, -0.2) is 0 Å². The van der Waals surface area contributed by atoms with Crippen LogP contribution in [0.5, 0.6) is 0 Å². The Labute approximate surface area is 96.9 Å². The average Bonchev–Trinajstić information content (AvgIpc) is 2.30. The molecule has 0 saturated heterocycles. The highest BCUT2D eigenvalue weighted by Crippen LogP contribution is 2.16. The molecule has 2 aromatic rings. The normalized spacial score (nSPS) is 12.4. The van der Waals surface area contributed by atoms with Crippen LogP contribution in [0.4, 0.5) is 0 Å². The fourth-order valence-corrected chi connectivity index (χ4v) is 1.89. The molecule has 1 nitrogen and oxygen atoms in total. The van der Waals surface area contributed by atoms with Crippen LogP contribution in [0.15, 0.2) is 54.6 Å². The van der Waals surface area contributed by atoms with E-state index in [0.29, 0.717) is 0 Å². The minimum atomic E-state index is 0.0855. The molecule has 2 aromatic carbocycles. The van der Waals surface area contributed by atoms with Crippen molar-refractivity contribution in [2.24, 2.45) is 5.73 Å². The molecule has 0 aliphatic carbocycles. The lowest BCUT2D eigenvalue weighted by Gasteiger charge is -2.12. The van der Waals surface area contributed by atoms with Crippen LogP contribution in [-0.2, 0) is 6.42 Å². The minimum Gasteiger partial charge on any atom is -0.324 e. The second kappa shape index (κ2) is 4.95. The molecule has 1 atom stereocenters. The third-order valence-electron chi connectivity index (χ3n) is 2.77. The van der Waals surface area contributed by atoms with Gasteiger partial charge in [-0.2, -0.15) is 0 Å². The largest absolute Gasteiger partial charge is 0.324 e. The maximum atomic E-state index is 6.20. The second-order valence-electron chi connectivity index (χ2n) is 4.21. The van der Waals surface area contributed by atoms with Gasteiger partial charge in [-0.25, -0.2) is 0 Å². The molecule has 0 saturated carbocycles. The number of benzene rings is 2. The van der Waals surface area contributed by atoms with Crippen LogP contribution in [0, 0.1) is 6.92 Å². The Morgan fingerprint density at radius 1 is 1.00 bits per heavy atom. The van der Waals surface area contributed by atoms with E-state index in [1.165, 1.54) is 16.7 Å². The van der Waals surface area contributed by atoms with Crippen molar-refractivity contribution in [3.8, 4) is 0 Å². The van der Waals surface area contributed by atoms with Gasteiger partial charge in [-0.1, -0.05) is 60.2 Å². The third-order valence-corrected chi connectivity index (χ3v) is 2.77. The Balaban J connectivity index is 2.12. The van der Waals surface area contributed by atoms with Gasteiger partial charge in [-0.05, 0) is 24.5 Å². The summed E-state index contributed by atoms with van der Waals surface area (Å²) in [5, 5.41) is 0. The zero-order chi connectivity index (χ0) is 11.4. The van der Waals surface area contributed by atoms with Gasteiger partial charge in [0.05, 0.1) is 0 Å². The molecular weight excluding hydrogens is 194 g/mol. The molecule has 0 heterocycles. The summed E-state index contributed by atoms with van der Waals surface area (Å²) in [6.07, 6.45) is 0.893. The van der Waals surface area contributed by atoms with Gasteiger partial charge in [-0.3, -0.25) is 0 Å². The van der Waals surface area contributed by atoms with Gasteiger partial charge in [-0.15, -0.1) is 0 Å². The lowest BCUT2D eigenvalue weighted by atomic mass is 9.98. The summed E-state index contributed by atoms with van der Waals surface area (Å²) in [4.78, 5) is 0. The van der Waals surface area contributed by atoms with Crippen LogP contribution in [0.1, 0.15) is 22.7 Å². The predicted octanol–water partition coefficient (Wildman–Crippen LogP) is 3.24. The Kier molecular flexibility index (Phi) is 3.37. The second-order valence-corrected chi connectivity index (χ2v) is 4.21. The lowest BCUT2D eigenvalue weighted by molar-refractivity contribution is 0.721. The lowest BCUT2D eigenvalue weighted by Crippen LogP contribution is -2.13. The van der Waals surface area contributed by atoms with Crippen LogP contribution < -0.4 is 5.73 Å². The molecule has 0 radical (unpaired) electrons. The zero-order valence-electron chi connectivity index (χ0n) is 9.56. The Morgan fingerprint density at radius 2 is 1.75 bits per heavy atom. The Hall–Kier alpha value is -1.60. The topological polar surface area (TPSA) is 26.0 Å². The summed E-state index contributed by atoms with van der Waals surface area (Å²) in [7, 11) is 0. The van der Waals surface area contributed by atoms with Crippen LogP contribution >= 0.6 is 0 Å². The highest BCUT2D eigenvalue weighted by Gasteiger charge is 2.06. The van der Waals surface area contributed by atoms with Gasteiger partial charge >= 0.3 is 0 Å². The van der Waals surface area contributed by atoms with Gasteiger partial charge in [0.15, 0.2) is 0 Å². The van der Waals surface area contributed by atoms with Gasteiger partial charge in [0.25, 0.3) is 0 Å². The molecule has 16 heavy (non-hydrogen) atoms. The molecular formula is C15H17N. The molecule has 82 valence electrons. The standard InChI is InChI=1S/C15H17N/c1-12-6-5-9-14(10-12)15(16)11-13-7-3-2-4-8-13/h2-10,15H,11,16H2,1H3/t15-/m1/s1. The van der Waals surface area contributed by atoms with Crippen LogP contribution in [0.25, 0.3) is 0 Å². The van der Waals surface area contributed by atoms with E-state index in [1.807, 2.05) is 6.07 Å². The quantitative estimate of drug-likeness (QED) is 0.828. The molecule has 0 spiro atoms. The van der Waals surface area contributed by atoms with E-state index in [0.717, 1.165) is 6.42 Å². The van der Waals surface area contributed by atoms with Gasteiger partial charge < -0.3 is 5.73 Å². The molecule has 0 aliphatic rings. The summed E-state index contributed by atoms with van der Waals surface area (Å²) in [6.45, 7) is 2.10. The average molecular weight is 211 g/mol. The number of hydrogen-bond acceptors (Lipinski definition) is 1. The monoisotopic (exact) mass is 211 g/mol. The number of aryl methyl sites for hydroxylation is 1. The van der Waals surface area contributed by atoms with Gasteiger partial charge in [0, 0.05) is 6.04 Å². The van der Waals surface area contributed by atoms with Crippen molar-refractivity contribution in [2.45, 2.75) is 19.4 Å². The highest BCUT2D eigenvalue weighted by atomic mass is 14.6. The summed E-state index contributed by atoms with van der Waals surface area (Å²) in [6, 6.07) is 18.9. The van der Waals surface area contributed by atoms with Gasteiger partial charge in [0.1, 0.15) is 0 Å². The van der Waals surface area contributed by atoms with Crippen molar-refractivity contribution in [1.82, 2.24) is 0 Å². The van der Waals surface area contributed by atoms with Crippen molar-refractivity contribution in [3.05, 3.63) is 71.3 Å². The maximum absolute atomic E-state index is 6.20. The Bertz CT molecular complexity index is 448. The highest BCUT2D eigenvalue weighted by molar-refractivity contribution is 5.27. The zero-order valence-corrected chi connectivity index (χ0v) is 9.56. The van der Waals surface area contributed by atoms with Crippen LogP contribution in [0.2, 0.25) is 0 Å². The molecule has 0 bridgehead atoms. The fourth-order valence-electron chi connectivity index (χ4n) is 1.89.